The fourth-order valence-corrected chi connectivity index (χ4v) is 4.28. The van der Waals surface area contributed by atoms with E-state index in [-0.39, 0.29) is 5.91 Å². The van der Waals surface area contributed by atoms with E-state index in [1.54, 1.807) is 30.2 Å². The molecule has 1 aromatic heterocycles. The van der Waals surface area contributed by atoms with Crippen molar-refractivity contribution in [3.05, 3.63) is 76.3 Å². The monoisotopic (exact) mass is 384 g/mol. The standard InChI is InChI=1S/C20H20N2O2S2/c1-14-12-25-20(22-14)26-13-16-5-3-4-6-18(16)19(23)21-11-15-7-9-17(24-2)10-8-15/h3-10,12H,11,13H2,1-2H3,(H,21,23). The van der Waals surface area contributed by atoms with Gasteiger partial charge in [0, 0.05) is 28.9 Å². The summed E-state index contributed by atoms with van der Waals surface area (Å²) in [6.45, 7) is 2.47. The van der Waals surface area contributed by atoms with Gasteiger partial charge in [0.2, 0.25) is 0 Å². The summed E-state index contributed by atoms with van der Waals surface area (Å²) in [6.07, 6.45) is 0. The van der Waals surface area contributed by atoms with Gasteiger partial charge in [-0.3, -0.25) is 4.79 Å². The number of rotatable bonds is 7. The van der Waals surface area contributed by atoms with Crippen molar-refractivity contribution in [2.45, 2.75) is 23.6 Å². The molecule has 6 heteroatoms. The van der Waals surface area contributed by atoms with Crippen LogP contribution in [0.4, 0.5) is 0 Å². The van der Waals surface area contributed by atoms with Crippen LogP contribution in [-0.4, -0.2) is 18.0 Å². The molecule has 1 heterocycles. The average molecular weight is 385 g/mol. The van der Waals surface area contributed by atoms with Crippen molar-refractivity contribution < 1.29 is 9.53 Å². The van der Waals surface area contributed by atoms with Gasteiger partial charge < -0.3 is 10.1 Å². The van der Waals surface area contributed by atoms with Crippen LogP contribution >= 0.6 is 23.1 Å². The molecule has 0 saturated carbocycles. The second kappa shape index (κ2) is 8.87. The molecule has 0 saturated heterocycles. The molecule has 26 heavy (non-hydrogen) atoms. The van der Waals surface area contributed by atoms with Gasteiger partial charge in [-0.05, 0) is 36.2 Å². The maximum atomic E-state index is 12.6. The predicted molar refractivity (Wildman–Crippen MR) is 107 cm³/mol. The number of carbonyl (C=O) groups is 1. The summed E-state index contributed by atoms with van der Waals surface area (Å²) in [5, 5.41) is 5.03. The molecule has 134 valence electrons. The molecule has 0 aliphatic carbocycles. The molecule has 4 nitrogen and oxygen atoms in total. The molecule has 0 atom stereocenters. The fourth-order valence-electron chi connectivity index (χ4n) is 2.43. The highest BCUT2D eigenvalue weighted by Crippen LogP contribution is 2.27. The topological polar surface area (TPSA) is 51.2 Å². The highest BCUT2D eigenvalue weighted by molar-refractivity contribution is 8.00. The Kier molecular flexibility index (Phi) is 6.30. The van der Waals surface area contributed by atoms with Crippen molar-refractivity contribution in [1.82, 2.24) is 10.3 Å². The van der Waals surface area contributed by atoms with Crippen molar-refractivity contribution in [2.75, 3.05) is 7.11 Å². The molecule has 0 unspecified atom stereocenters. The van der Waals surface area contributed by atoms with Crippen LogP contribution in [-0.2, 0) is 12.3 Å². The summed E-state index contributed by atoms with van der Waals surface area (Å²) in [5.74, 6) is 1.46. The van der Waals surface area contributed by atoms with E-state index in [0.717, 1.165) is 32.7 Å². The lowest BCUT2D eigenvalue weighted by Gasteiger charge is -2.10. The maximum absolute atomic E-state index is 12.6. The number of nitrogens with zero attached hydrogens (tertiary/aromatic N) is 1. The van der Waals surface area contributed by atoms with Gasteiger partial charge in [0.15, 0.2) is 0 Å². The van der Waals surface area contributed by atoms with Crippen molar-refractivity contribution in [1.29, 1.82) is 0 Å². The Balaban J connectivity index is 1.63. The van der Waals surface area contributed by atoms with Gasteiger partial charge in [0.25, 0.3) is 5.91 Å². The molecule has 0 fully saturated rings. The van der Waals surface area contributed by atoms with Crippen molar-refractivity contribution in [3.8, 4) is 5.75 Å². The Hall–Kier alpha value is -2.31. The van der Waals surface area contributed by atoms with Gasteiger partial charge in [-0.1, -0.05) is 42.1 Å². The minimum Gasteiger partial charge on any atom is -0.497 e. The van der Waals surface area contributed by atoms with Crippen LogP contribution in [0.15, 0.2) is 58.3 Å². The number of thioether (sulfide) groups is 1. The number of nitrogens with one attached hydrogen (secondary N) is 1. The van der Waals surface area contributed by atoms with E-state index in [2.05, 4.69) is 10.3 Å². The minimum atomic E-state index is -0.0627. The third kappa shape index (κ3) is 4.86. The highest BCUT2D eigenvalue weighted by atomic mass is 32.2. The van der Waals surface area contributed by atoms with E-state index in [4.69, 9.17) is 4.74 Å². The van der Waals surface area contributed by atoms with Crippen LogP contribution < -0.4 is 10.1 Å². The number of hydrogen-bond donors (Lipinski definition) is 1. The van der Waals surface area contributed by atoms with Gasteiger partial charge in [-0.15, -0.1) is 11.3 Å². The van der Waals surface area contributed by atoms with Gasteiger partial charge in [0.1, 0.15) is 10.1 Å². The summed E-state index contributed by atoms with van der Waals surface area (Å²) < 4.78 is 6.17. The fraction of sp³-hybridized carbons (Fsp3) is 0.200. The maximum Gasteiger partial charge on any atom is 0.251 e. The largest absolute Gasteiger partial charge is 0.497 e. The molecule has 0 aliphatic rings. The number of thiazole rings is 1. The van der Waals surface area contributed by atoms with E-state index >= 15 is 0 Å². The molecule has 0 bridgehead atoms. The summed E-state index contributed by atoms with van der Waals surface area (Å²) in [6, 6.07) is 15.4. The number of carbonyl (C=O) groups excluding carboxylic acids is 1. The van der Waals surface area contributed by atoms with Crippen LogP contribution in [0.5, 0.6) is 5.75 Å². The average Bonchev–Trinajstić information content (AvgIpc) is 3.10. The molecule has 0 spiro atoms. The van der Waals surface area contributed by atoms with E-state index in [9.17, 15) is 4.79 Å². The molecule has 1 amide bonds. The Morgan fingerprint density at radius 2 is 1.96 bits per heavy atom. The first-order valence-corrected chi connectivity index (χ1v) is 10.1. The summed E-state index contributed by atoms with van der Waals surface area (Å²) >= 11 is 3.29. The number of ether oxygens (including phenoxy) is 1. The Labute approximate surface area is 161 Å². The number of methoxy groups -OCH3 is 1. The zero-order valence-corrected chi connectivity index (χ0v) is 16.3. The van der Waals surface area contributed by atoms with E-state index in [1.807, 2.05) is 60.8 Å². The molecule has 0 aliphatic heterocycles. The lowest BCUT2D eigenvalue weighted by molar-refractivity contribution is 0.0950. The first kappa shape index (κ1) is 18.5. The smallest absolute Gasteiger partial charge is 0.251 e. The van der Waals surface area contributed by atoms with Gasteiger partial charge in [-0.2, -0.15) is 0 Å². The van der Waals surface area contributed by atoms with Gasteiger partial charge in [-0.25, -0.2) is 4.98 Å². The second-order valence-electron chi connectivity index (χ2n) is 5.73. The number of benzene rings is 2. The van der Waals surface area contributed by atoms with Crippen molar-refractivity contribution in [2.24, 2.45) is 0 Å². The Bertz CT molecular complexity index is 876. The van der Waals surface area contributed by atoms with Crippen molar-refractivity contribution in [3.63, 3.8) is 0 Å². The zero-order valence-electron chi connectivity index (χ0n) is 14.7. The van der Waals surface area contributed by atoms with E-state index in [1.165, 1.54) is 0 Å². The van der Waals surface area contributed by atoms with Crippen molar-refractivity contribution >= 4 is 29.0 Å². The molecule has 3 aromatic rings. The predicted octanol–water partition coefficient (Wildman–Crippen LogP) is 4.68. The van der Waals surface area contributed by atoms with E-state index in [0.29, 0.717) is 12.1 Å². The summed E-state index contributed by atoms with van der Waals surface area (Å²) in [5.41, 5.74) is 3.78. The van der Waals surface area contributed by atoms with Gasteiger partial charge in [0.05, 0.1) is 7.11 Å². The quantitative estimate of drug-likeness (QED) is 0.601. The first-order chi connectivity index (χ1) is 12.7. The lowest BCUT2D eigenvalue weighted by atomic mass is 10.1. The SMILES string of the molecule is COc1ccc(CNC(=O)c2ccccc2CSc2nc(C)cs2)cc1. The highest BCUT2D eigenvalue weighted by Gasteiger charge is 2.11. The molecule has 1 N–H and O–H groups in total. The third-order valence-corrected chi connectivity index (χ3v) is 6.01. The van der Waals surface area contributed by atoms with Crippen LogP contribution in [0.2, 0.25) is 0 Å². The Morgan fingerprint density at radius 1 is 1.19 bits per heavy atom. The molecular formula is C20H20N2O2S2. The van der Waals surface area contributed by atoms with E-state index < -0.39 is 0 Å². The summed E-state index contributed by atoms with van der Waals surface area (Å²) in [4.78, 5) is 17.1. The first-order valence-electron chi connectivity index (χ1n) is 8.19. The zero-order chi connectivity index (χ0) is 18.4. The molecule has 2 aromatic carbocycles. The normalized spacial score (nSPS) is 10.5. The van der Waals surface area contributed by atoms with Gasteiger partial charge >= 0.3 is 0 Å². The van der Waals surface area contributed by atoms with Crippen LogP contribution in [0.25, 0.3) is 0 Å². The van der Waals surface area contributed by atoms with Crippen LogP contribution in [0, 0.1) is 6.92 Å². The third-order valence-electron chi connectivity index (χ3n) is 3.82. The number of hydrogen-bond acceptors (Lipinski definition) is 5. The van der Waals surface area contributed by atoms with Crippen LogP contribution in [0.3, 0.4) is 0 Å². The summed E-state index contributed by atoms with van der Waals surface area (Å²) in [7, 11) is 1.64. The number of amides is 1. The number of aryl methyl sites for hydroxylation is 1. The minimum absolute atomic E-state index is 0.0627. The molecule has 0 radical (unpaired) electrons. The molecular weight excluding hydrogens is 364 g/mol. The van der Waals surface area contributed by atoms with Crippen LogP contribution in [0.1, 0.15) is 27.2 Å². The second-order valence-corrected chi connectivity index (χ2v) is 7.81. The lowest BCUT2D eigenvalue weighted by Crippen LogP contribution is -2.23. The number of aromatic nitrogens is 1. The molecule has 3 rings (SSSR count). The Morgan fingerprint density at radius 3 is 2.65 bits per heavy atom.